The lowest BCUT2D eigenvalue weighted by Crippen LogP contribution is -2.03. The van der Waals surface area contributed by atoms with Gasteiger partial charge in [0.25, 0.3) is 0 Å². The first kappa shape index (κ1) is 14.4. The van der Waals surface area contributed by atoms with E-state index in [0.717, 1.165) is 34.7 Å². The van der Waals surface area contributed by atoms with Gasteiger partial charge in [0, 0.05) is 18.3 Å². The van der Waals surface area contributed by atoms with Gasteiger partial charge in [0.05, 0.1) is 27.8 Å². The number of hydrogen-bond donors (Lipinski definition) is 0. The summed E-state index contributed by atoms with van der Waals surface area (Å²) in [7, 11) is 1.92. The molecule has 0 amide bonds. The summed E-state index contributed by atoms with van der Waals surface area (Å²) in [5, 5.41) is 4.98. The molecule has 2 aromatic heterocycles. The van der Waals surface area contributed by atoms with Crippen LogP contribution in [-0.4, -0.2) is 19.3 Å². The maximum absolute atomic E-state index is 6.33. The van der Waals surface area contributed by atoms with Gasteiger partial charge in [0.2, 0.25) is 0 Å². The highest BCUT2D eigenvalue weighted by atomic mass is 35.5. The Balaban J connectivity index is 2.38. The lowest BCUT2D eigenvalue weighted by molar-refractivity contribution is 0.746. The highest BCUT2D eigenvalue weighted by Crippen LogP contribution is 2.30. The van der Waals surface area contributed by atoms with Crippen molar-refractivity contribution in [3.63, 3.8) is 0 Å². The maximum atomic E-state index is 6.33. The normalized spacial score (nSPS) is 13.0. The molecule has 0 aliphatic rings. The van der Waals surface area contributed by atoms with Gasteiger partial charge in [-0.1, -0.05) is 18.5 Å². The molecule has 2 heterocycles. The van der Waals surface area contributed by atoms with E-state index in [9.17, 15) is 0 Å². The van der Waals surface area contributed by atoms with Crippen LogP contribution in [0, 0.1) is 0 Å². The van der Waals surface area contributed by atoms with E-state index in [2.05, 4.69) is 21.6 Å². The molecule has 0 saturated heterocycles. The van der Waals surface area contributed by atoms with Crippen LogP contribution in [-0.2, 0) is 13.5 Å². The third kappa shape index (κ3) is 2.43. The lowest BCUT2D eigenvalue weighted by Gasteiger charge is -2.10. The van der Waals surface area contributed by atoms with Gasteiger partial charge >= 0.3 is 0 Å². The zero-order valence-corrected chi connectivity index (χ0v) is 13.7. The van der Waals surface area contributed by atoms with Crippen LogP contribution in [0.3, 0.4) is 0 Å². The van der Waals surface area contributed by atoms with E-state index < -0.39 is 0 Å². The molecule has 21 heavy (non-hydrogen) atoms. The third-order valence-corrected chi connectivity index (χ3v) is 3.89. The number of halogens is 2. The minimum absolute atomic E-state index is 0.207. The van der Waals surface area contributed by atoms with Crippen molar-refractivity contribution >= 4 is 34.2 Å². The molecule has 3 aromatic rings. The van der Waals surface area contributed by atoms with Crippen molar-refractivity contribution in [1.29, 1.82) is 0 Å². The van der Waals surface area contributed by atoms with E-state index in [1.807, 2.05) is 43.0 Å². The average molecular weight is 323 g/mol. The van der Waals surface area contributed by atoms with Gasteiger partial charge in [-0.3, -0.25) is 9.25 Å². The Kier molecular flexibility index (Phi) is 3.68. The van der Waals surface area contributed by atoms with Gasteiger partial charge < -0.3 is 0 Å². The molecule has 0 bridgehead atoms. The standard InChI is InChI=1S/C15H16Cl2N4/c1-4-11-14(8-20(3)19-11)21-13-7-10(17)5-6-12(13)18-15(21)9(2)16/h5-9H,4H2,1-3H3. The number of aromatic nitrogens is 4. The van der Waals surface area contributed by atoms with Crippen LogP contribution in [0.1, 0.15) is 30.7 Å². The fraction of sp³-hybridized carbons (Fsp3) is 0.333. The number of aryl methyl sites for hydroxylation is 2. The van der Waals surface area contributed by atoms with Crippen molar-refractivity contribution < 1.29 is 0 Å². The summed E-state index contributed by atoms with van der Waals surface area (Å²) in [5.74, 6) is 0.802. The van der Waals surface area contributed by atoms with Crippen LogP contribution in [0.2, 0.25) is 5.02 Å². The molecule has 1 atom stereocenters. The number of fused-ring (bicyclic) bond motifs is 1. The zero-order valence-electron chi connectivity index (χ0n) is 12.1. The highest BCUT2D eigenvalue weighted by Gasteiger charge is 2.20. The number of benzene rings is 1. The third-order valence-electron chi connectivity index (χ3n) is 3.46. The van der Waals surface area contributed by atoms with Crippen LogP contribution in [0.5, 0.6) is 0 Å². The summed E-state index contributed by atoms with van der Waals surface area (Å²) in [6.07, 6.45) is 2.83. The van der Waals surface area contributed by atoms with Gasteiger partial charge in [-0.05, 0) is 31.5 Å². The van der Waals surface area contributed by atoms with E-state index >= 15 is 0 Å². The van der Waals surface area contributed by atoms with Crippen LogP contribution >= 0.6 is 23.2 Å². The molecule has 3 rings (SSSR count). The molecule has 0 aliphatic carbocycles. The number of hydrogen-bond acceptors (Lipinski definition) is 2. The topological polar surface area (TPSA) is 35.6 Å². The molecule has 6 heteroatoms. The fourth-order valence-corrected chi connectivity index (χ4v) is 2.86. The van der Waals surface area contributed by atoms with E-state index in [-0.39, 0.29) is 5.38 Å². The fourth-order valence-electron chi connectivity index (χ4n) is 2.55. The summed E-state index contributed by atoms with van der Waals surface area (Å²) < 4.78 is 3.87. The second-order valence-electron chi connectivity index (χ2n) is 5.04. The van der Waals surface area contributed by atoms with Crippen molar-refractivity contribution in [2.75, 3.05) is 0 Å². The largest absolute Gasteiger partial charge is 0.292 e. The van der Waals surface area contributed by atoms with Crippen LogP contribution in [0.25, 0.3) is 16.7 Å². The molecule has 1 aromatic carbocycles. The van der Waals surface area contributed by atoms with Crippen molar-refractivity contribution in [1.82, 2.24) is 19.3 Å². The summed E-state index contributed by atoms with van der Waals surface area (Å²) in [4.78, 5) is 4.65. The molecule has 4 nitrogen and oxygen atoms in total. The molecule has 0 aliphatic heterocycles. The number of alkyl halides is 1. The zero-order chi connectivity index (χ0) is 15.1. The second-order valence-corrected chi connectivity index (χ2v) is 6.13. The van der Waals surface area contributed by atoms with E-state index in [0.29, 0.717) is 5.02 Å². The molecule has 1 unspecified atom stereocenters. The molecule has 0 radical (unpaired) electrons. The van der Waals surface area contributed by atoms with Crippen molar-refractivity contribution in [2.24, 2.45) is 7.05 Å². The van der Waals surface area contributed by atoms with Crippen LogP contribution < -0.4 is 0 Å². The average Bonchev–Trinajstić information content (AvgIpc) is 2.98. The lowest BCUT2D eigenvalue weighted by atomic mass is 10.2. The Bertz CT molecular complexity index is 801. The first-order chi connectivity index (χ1) is 10.0. The number of imidazole rings is 1. The summed E-state index contributed by atoms with van der Waals surface area (Å²) in [6.45, 7) is 4.00. The Morgan fingerprint density at radius 1 is 1.33 bits per heavy atom. The molecule has 0 fully saturated rings. The predicted octanol–water partition coefficient (Wildman–Crippen LogP) is 4.27. The van der Waals surface area contributed by atoms with E-state index in [1.165, 1.54) is 0 Å². The van der Waals surface area contributed by atoms with Gasteiger partial charge in [0.1, 0.15) is 5.82 Å². The number of nitrogens with zero attached hydrogens (tertiary/aromatic N) is 4. The van der Waals surface area contributed by atoms with Crippen molar-refractivity contribution in [2.45, 2.75) is 25.6 Å². The van der Waals surface area contributed by atoms with Crippen LogP contribution in [0.4, 0.5) is 0 Å². The first-order valence-electron chi connectivity index (χ1n) is 6.86. The Hall–Kier alpha value is -1.52. The summed E-state index contributed by atoms with van der Waals surface area (Å²) in [5.41, 5.74) is 3.85. The van der Waals surface area contributed by atoms with E-state index in [4.69, 9.17) is 23.2 Å². The molecule has 0 spiro atoms. The number of rotatable bonds is 3. The molecular weight excluding hydrogens is 307 g/mol. The predicted molar refractivity (Wildman–Crippen MR) is 86.5 cm³/mol. The Morgan fingerprint density at radius 2 is 2.10 bits per heavy atom. The van der Waals surface area contributed by atoms with E-state index in [1.54, 1.807) is 0 Å². The minimum atomic E-state index is -0.207. The minimum Gasteiger partial charge on any atom is -0.292 e. The second kappa shape index (κ2) is 5.35. The van der Waals surface area contributed by atoms with Gasteiger partial charge in [-0.15, -0.1) is 11.6 Å². The molecule has 0 saturated carbocycles. The maximum Gasteiger partial charge on any atom is 0.132 e. The quantitative estimate of drug-likeness (QED) is 0.675. The smallest absolute Gasteiger partial charge is 0.132 e. The Morgan fingerprint density at radius 3 is 2.76 bits per heavy atom. The SMILES string of the molecule is CCc1nn(C)cc1-n1c(C(C)Cl)nc2ccc(Cl)cc21. The molecule has 0 N–H and O–H groups in total. The van der Waals surface area contributed by atoms with Gasteiger partial charge in [-0.2, -0.15) is 5.10 Å². The van der Waals surface area contributed by atoms with Crippen LogP contribution in [0.15, 0.2) is 24.4 Å². The monoisotopic (exact) mass is 322 g/mol. The van der Waals surface area contributed by atoms with Gasteiger partial charge in [0.15, 0.2) is 0 Å². The summed E-state index contributed by atoms with van der Waals surface area (Å²) in [6, 6.07) is 5.67. The molecular formula is C15H16Cl2N4. The first-order valence-corrected chi connectivity index (χ1v) is 7.67. The van der Waals surface area contributed by atoms with Crippen molar-refractivity contribution in [3.8, 4) is 5.69 Å². The highest BCUT2D eigenvalue weighted by molar-refractivity contribution is 6.31. The Labute approximate surface area is 133 Å². The van der Waals surface area contributed by atoms with Gasteiger partial charge in [-0.25, -0.2) is 4.98 Å². The summed E-state index contributed by atoms with van der Waals surface area (Å²) >= 11 is 12.5. The molecule has 110 valence electrons. The van der Waals surface area contributed by atoms with Crippen molar-refractivity contribution in [3.05, 3.63) is 40.9 Å².